The van der Waals surface area contributed by atoms with Crippen molar-refractivity contribution in [1.82, 2.24) is 4.90 Å². The van der Waals surface area contributed by atoms with Crippen LogP contribution in [0, 0.1) is 11.3 Å². The lowest BCUT2D eigenvalue weighted by molar-refractivity contribution is -0.137. The van der Waals surface area contributed by atoms with Gasteiger partial charge in [0.25, 0.3) is 0 Å². The number of aliphatic hydroxyl groups is 1. The van der Waals surface area contributed by atoms with Crippen LogP contribution in [-0.2, 0) is 4.79 Å². The Morgan fingerprint density at radius 3 is 2.73 bits per heavy atom. The van der Waals surface area contributed by atoms with Gasteiger partial charge < -0.3 is 10.0 Å². The number of aliphatic hydroxyl groups excluding tert-OH is 1. The minimum Gasteiger partial charge on any atom is -0.393 e. The summed E-state index contributed by atoms with van der Waals surface area (Å²) in [6, 6.07) is 0.434. The summed E-state index contributed by atoms with van der Waals surface area (Å²) < 4.78 is 0. The van der Waals surface area contributed by atoms with Gasteiger partial charge in [-0.3, -0.25) is 4.79 Å². The third-order valence-electron chi connectivity index (χ3n) is 4.56. The van der Waals surface area contributed by atoms with Crippen molar-refractivity contribution in [2.75, 3.05) is 6.54 Å². The molecular weight excluding hydrogens is 190 g/mol. The first-order valence-corrected chi connectivity index (χ1v) is 6.09. The quantitative estimate of drug-likeness (QED) is 0.704. The maximum Gasteiger partial charge on any atom is 0.228 e. The molecule has 2 saturated carbocycles. The maximum absolute atomic E-state index is 12.2. The van der Waals surface area contributed by atoms with E-state index < -0.39 is 0 Å². The number of likely N-dealkylation sites (tertiary alicyclic amines) is 1. The molecule has 1 amide bonds. The highest BCUT2D eigenvalue weighted by Crippen LogP contribution is 2.49. The van der Waals surface area contributed by atoms with E-state index in [9.17, 15) is 9.90 Å². The number of hydrogen-bond acceptors (Lipinski definition) is 2. The molecule has 1 N–H and O–H groups in total. The van der Waals surface area contributed by atoms with Crippen LogP contribution in [0.15, 0.2) is 0 Å². The van der Waals surface area contributed by atoms with Crippen molar-refractivity contribution in [3.8, 4) is 0 Å². The first kappa shape index (κ1) is 9.64. The molecule has 1 heterocycles. The van der Waals surface area contributed by atoms with Gasteiger partial charge in [0.15, 0.2) is 0 Å². The molecule has 0 spiro atoms. The first-order chi connectivity index (χ1) is 7.10. The molecule has 3 unspecified atom stereocenters. The Morgan fingerprint density at radius 2 is 2.13 bits per heavy atom. The van der Waals surface area contributed by atoms with Gasteiger partial charge in [0.1, 0.15) is 0 Å². The van der Waals surface area contributed by atoms with E-state index in [0.717, 1.165) is 38.6 Å². The monoisotopic (exact) mass is 209 g/mol. The molecule has 2 aliphatic carbocycles. The fourth-order valence-corrected chi connectivity index (χ4v) is 3.10. The van der Waals surface area contributed by atoms with E-state index in [4.69, 9.17) is 0 Å². The molecule has 3 rings (SSSR count). The van der Waals surface area contributed by atoms with Gasteiger partial charge in [0, 0.05) is 23.9 Å². The van der Waals surface area contributed by atoms with Crippen molar-refractivity contribution in [1.29, 1.82) is 0 Å². The summed E-state index contributed by atoms with van der Waals surface area (Å²) in [4.78, 5) is 14.3. The summed E-state index contributed by atoms with van der Waals surface area (Å²) in [6.45, 7) is 2.88. The van der Waals surface area contributed by atoms with Gasteiger partial charge >= 0.3 is 0 Å². The molecule has 84 valence electrons. The number of fused-ring (bicyclic) bond motifs is 2. The average Bonchev–Trinajstić information content (AvgIpc) is 2.87. The van der Waals surface area contributed by atoms with Crippen LogP contribution in [0.5, 0.6) is 0 Å². The third-order valence-corrected chi connectivity index (χ3v) is 4.56. The fourth-order valence-electron chi connectivity index (χ4n) is 3.10. The SMILES string of the molecule is CC1(C(=O)N2CC3CC2CCC3O)CC1. The van der Waals surface area contributed by atoms with Crippen LogP contribution in [0.1, 0.15) is 39.0 Å². The standard InChI is InChI=1S/C12H19NO2/c1-12(4-5-12)11(15)13-7-8-6-9(13)2-3-10(8)14/h8-10,14H,2-7H2,1H3. The molecule has 15 heavy (non-hydrogen) atoms. The lowest BCUT2D eigenvalue weighted by Crippen LogP contribution is -2.39. The molecule has 3 fully saturated rings. The van der Waals surface area contributed by atoms with Crippen LogP contribution >= 0.6 is 0 Å². The molecule has 2 bridgehead atoms. The van der Waals surface area contributed by atoms with E-state index >= 15 is 0 Å². The Hall–Kier alpha value is -0.570. The fraction of sp³-hybridized carbons (Fsp3) is 0.917. The zero-order valence-electron chi connectivity index (χ0n) is 9.28. The third kappa shape index (κ3) is 1.40. The summed E-state index contributed by atoms with van der Waals surface area (Å²) in [7, 11) is 0. The zero-order chi connectivity index (χ0) is 10.6. The highest BCUT2D eigenvalue weighted by Gasteiger charge is 2.51. The van der Waals surface area contributed by atoms with E-state index in [1.54, 1.807) is 0 Å². The molecule has 3 heteroatoms. The molecule has 3 nitrogen and oxygen atoms in total. The van der Waals surface area contributed by atoms with Crippen LogP contribution in [0.3, 0.4) is 0 Å². The van der Waals surface area contributed by atoms with E-state index in [2.05, 4.69) is 11.8 Å². The summed E-state index contributed by atoms with van der Waals surface area (Å²) in [5.74, 6) is 0.708. The highest BCUT2D eigenvalue weighted by atomic mass is 16.3. The average molecular weight is 209 g/mol. The van der Waals surface area contributed by atoms with Gasteiger partial charge in [-0.1, -0.05) is 6.92 Å². The van der Waals surface area contributed by atoms with Crippen molar-refractivity contribution in [3.05, 3.63) is 0 Å². The van der Waals surface area contributed by atoms with Crippen molar-refractivity contribution < 1.29 is 9.90 Å². The highest BCUT2D eigenvalue weighted by molar-refractivity contribution is 5.85. The van der Waals surface area contributed by atoms with Crippen LogP contribution in [0.2, 0.25) is 0 Å². The Balaban J connectivity index is 1.76. The lowest BCUT2D eigenvalue weighted by atomic mass is 9.88. The zero-order valence-corrected chi connectivity index (χ0v) is 9.28. The minimum atomic E-state index is -0.161. The molecular formula is C12H19NO2. The molecule has 0 aromatic carbocycles. The molecule has 1 saturated heterocycles. The number of carbonyl (C=O) groups excluding carboxylic acids is 1. The Bertz CT molecular complexity index is 298. The number of rotatable bonds is 1. The van der Waals surface area contributed by atoms with Crippen molar-refractivity contribution in [2.45, 2.75) is 51.2 Å². The molecule has 0 radical (unpaired) electrons. The van der Waals surface area contributed by atoms with E-state index in [1.165, 1.54) is 0 Å². The predicted octanol–water partition coefficient (Wildman–Crippen LogP) is 1.16. The van der Waals surface area contributed by atoms with Gasteiger partial charge in [0.2, 0.25) is 5.91 Å². The van der Waals surface area contributed by atoms with Crippen molar-refractivity contribution in [3.63, 3.8) is 0 Å². The molecule has 0 aromatic heterocycles. The summed E-state index contributed by atoms with van der Waals surface area (Å²) in [6.07, 6.45) is 4.87. The molecule has 3 atom stereocenters. The summed E-state index contributed by atoms with van der Waals surface area (Å²) >= 11 is 0. The maximum atomic E-state index is 12.2. The van der Waals surface area contributed by atoms with Crippen molar-refractivity contribution >= 4 is 5.91 Å². The Kier molecular flexibility index (Phi) is 1.91. The normalized spacial score (nSPS) is 41.7. The lowest BCUT2D eigenvalue weighted by Gasteiger charge is -2.27. The number of nitrogens with zero attached hydrogens (tertiary/aromatic N) is 1. The minimum absolute atomic E-state index is 0.0393. The van der Waals surface area contributed by atoms with Gasteiger partial charge in [-0.2, -0.15) is 0 Å². The predicted molar refractivity (Wildman–Crippen MR) is 56.2 cm³/mol. The van der Waals surface area contributed by atoms with Gasteiger partial charge in [-0.05, 0) is 32.1 Å². The second-order valence-corrected chi connectivity index (χ2v) is 5.81. The summed E-state index contributed by atoms with van der Waals surface area (Å²) in [5, 5.41) is 9.78. The second kappa shape index (κ2) is 2.97. The molecule has 3 aliphatic rings. The topological polar surface area (TPSA) is 40.5 Å². The van der Waals surface area contributed by atoms with Crippen molar-refractivity contribution in [2.24, 2.45) is 11.3 Å². The largest absolute Gasteiger partial charge is 0.393 e. The van der Waals surface area contributed by atoms with Gasteiger partial charge in [-0.15, -0.1) is 0 Å². The number of amides is 1. The molecule has 1 aliphatic heterocycles. The number of hydrogen-bond donors (Lipinski definition) is 1. The smallest absolute Gasteiger partial charge is 0.228 e. The Morgan fingerprint density at radius 1 is 1.40 bits per heavy atom. The van der Waals surface area contributed by atoms with Crippen LogP contribution in [0.25, 0.3) is 0 Å². The van der Waals surface area contributed by atoms with Gasteiger partial charge in [0.05, 0.1) is 6.10 Å². The van der Waals surface area contributed by atoms with Crippen LogP contribution < -0.4 is 0 Å². The van der Waals surface area contributed by atoms with E-state index in [1.807, 2.05) is 0 Å². The second-order valence-electron chi connectivity index (χ2n) is 5.81. The Labute approximate surface area is 90.5 Å². The summed E-state index contributed by atoms with van der Waals surface area (Å²) in [5.41, 5.74) is -0.0393. The van der Waals surface area contributed by atoms with Gasteiger partial charge in [-0.25, -0.2) is 0 Å². The van der Waals surface area contributed by atoms with Crippen LogP contribution in [0.4, 0.5) is 0 Å². The molecule has 0 aromatic rings. The van der Waals surface area contributed by atoms with Crippen LogP contribution in [-0.4, -0.2) is 34.6 Å². The number of carbonyl (C=O) groups is 1. The first-order valence-electron chi connectivity index (χ1n) is 6.09. The van der Waals surface area contributed by atoms with E-state index in [0.29, 0.717) is 17.9 Å². The van der Waals surface area contributed by atoms with E-state index in [-0.39, 0.29) is 11.5 Å².